The van der Waals surface area contributed by atoms with Crippen LogP contribution in [0, 0.1) is 5.41 Å². The monoisotopic (exact) mass is 298 g/mol. The van der Waals surface area contributed by atoms with Crippen LogP contribution in [0.5, 0.6) is 0 Å². The van der Waals surface area contributed by atoms with E-state index in [-0.39, 0.29) is 23.3 Å². The normalized spacial score (nSPS) is 24.0. The third-order valence-corrected chi connectivity index (χ3v) is 4.48. The maximum atomic E-state index is 13.0. The third-order valence-electron chi connectivity index (χ3n) is 4.48. The molecule has 1 fully saturated rings. The van der Waals surface area contributed by atoms with E-state index in [0.29, 0.717) is 19.4 Å². The van der Waals surface area contributed by atoms with Crippen molar-refractivity contribution >= 4 is 11.8 Å². The molecule has 0 saturated carbocycles. The van der Waals surface area contributed by atoms with Gasteiger partial charge in [-0.1, -0.05) is 34.6 Å². The number of methoxy groups -OCH3 is 1. The molecule has 122 valence electrons. The van der Waals surface area contributed by atoms with E-state index in [1.165, 1.54) is 0 Å². The number of ether oxygens (including phenoxy) is 1. The molecule has 1 N–H and O–H groups in total. The molecule has 1 aliphatic heterocycles. The van der Waals surface area contributed by atoms with Crippen molar-refractivity contribution in [3.8, 4) is 0 Å². The van der Waals surface area contributed by atoms with Gasteiger partial charge < -0.3 is 15.0 Å². The van der Waals surface area contributed by atoms with Crippen molar-refractivity contribution in [3.05, 3.63) is 0 Å². The fourth-order valence-corrected chi connectivity index (χ4v) is 3.02. The molecule has 2 amide bonds. The van der Waals surface area contributed by atoms with Gasteiger partial charge in [-0.25, -0.2) is 0 Å². The molecule has 0 aromatic heterocycles. The van der Waals surface area contributed by atoms with Gasteiger partial charge in [0.25, 0.3) is 0 Å². The Labute approximate surface area is 128 Å². The summed E-state index contributed by atoms with van der Waals surface area (Å²) in [6.45, 7) is 12.2. The Hall–Kier alpha value is -1.10. The number of carbonyl (C=O) groups is 2. The van der Waals surface area contributed by atoms with Crippen LogP contribution in [0.25, 0.3) is 0 Å². The van der Waals surface area contributed by atoms with Crippen molar-refractivity contribution in [2.75, 3.05) is 13.7 Å². The van der Waals surface area contributed by atoms with E-state index in [2.05, 4.69) is 5.32 Å². The van der Waals surface area contributed by atoms with Gasteiger partial charge in [-0.3, -0.25) is 9.59 Å². The molecular formula is C16H30N2O3. The van der Waals surface area contributed by atoms with Gasteiger partial charge in [0.2, 0.25) is 11.8 Å². The van der Waals surface area contributed by atoms with E-state index in [1.54, 1.807) is 12.0 Å². The highest BCUT2D eigenvalue weighted by molar-refractivity contribution is 6.00. The zero-order valence-corrected chi connectivity index (χ0v) is 14.4. The lowest BCUT2D eigenvalue weighted by molar-refractivity contribution is -0.162. The van der Waals surface area contributed by atoms with Crippen molar-refractivity contribution < 1.29 is 14.3 Å². The Morgan fingerprint density at radius 1 is 1.29 bits per heavy atom. The highest BCUT2D eigenvalue weighted by Crippen LogP contribution is 2.33. The second kappa shape index (κ2) is 6.34. The molecule has 5 nitrogen and oxygen atoms in total. The zero-order chi connectivity index (χ0) is 16.4. The SMILES string of the molecule is CCC1(CC)NC(=O)C(C(C)(C)C)N(CC(C)OC)C1=O. The highest BCUT2D eigenvalue weighted by atomic mass is 16.5. The summed E-state index contributed by atoms with van der Waals surface area (Å²) < 4.78 is 5.31. The lowest BCUT2D eigenvalue weighted by Crippen LogP contribution is -2.73. The number of nitrogens with zero attached hydrogens (tertiary/aromatic N) is 1. The van der Waals surface area contributed by atoms with E-state index >= 15 is 0 Å². The summed E-state index contributed by atoms with van der Waals surface area (Å²) in [6, 6.07) is -0.464. The van der Waals surface area contributed by atoms with E-state index in [9.17, 15) is 9.59 Å². The van der Waals surface area contributed by atoms with Gasteiger partial charge in [-0.05, 0) is 25.2 Å². The Morgan fingerprint density at radius 3 is 2.19 bits per heavy atom. The van der Waals surface area contributed by atoms with Crippen LogP contribution in [-0.2, 0) is 14.3 Å². The summed E-state index contributed by atoms with van der Waals surface area (Å²) in [5, 5.41) is 2.99. The summed E-state index contributed by atoms with van der Waals surface area (Å²) in [7, 11) is 1.62. The van der Waals surface area contributed by atoms with Crippen molar-refractivity contribution in [2.45, 2.75) is 72.1 Å². The first-order valence-electron chi connectivity index (χ1n) is 7.78. The highest BCUT2D eigenvalue weighted by Gasteiger charge is 2.52. The first kappa shape index (κ1) is 18.0. The molecule has 0 radical (unpaired) electrons. The molecule has 0 aromatic carbocycles. The smallest absolute Gasteiger partial charge is 0.249 e. The number of amides is 2. The molecule has 0 bridgehead atoms. The average molecular weight is 298 g/mol. The van der Waals surface area contributed by atoms with E-state index in [1.807, 2.05) is 41.5 Å². The fourth-order valence-electron chi connectivity index (χ4n) is 3.02. The van der Waals surface area contributed by atoms with Gasteiger partial charge in [0.1, 0.15) is 11.6 Å². The number of nitrogens with one attached hydrogen (secondary N) is 1. The van der Waals surface area contributed by atoms with Crippen LogP contribution in [0.4, 0.5) is 0 Å². The lowest BCUT2D eigenvalue weighted by atomic mass is 9.79. The predicted octanol–water partition coefficient (Wildman–Crippen LogP) is 1.95. The minimum absolute atomic E-state index is 0.0101. The van der Waals surface area contributed by atoms with Crippen molar-refractivity contribution in [1.29, 1.82) is 0 Å². The number of hydrogen-bond acceptors (Lipinski definition) is 3. The fraction of sp³-hybridized carbons (Fsp3) is 0.875. The molecule has 0 spiro atoms. The first-order valence-corrected chi connectivity index (χ1v) is 7.78. The molecule has 1 saturated heterocycles. The van der Waals surface area contributed by atoms with Crippen molar-refractivity contribution in [3.63, 3.8) is 0 Å². The second-order valence-corrected chi connectivity index (χ2v) is 7.05. The largest absolute Gasteiger partial charge is 0.380 e. The lowest BCUT2D eigenvalue weighted by Gasteiger charge is -2.50. The molecule has 2 atom stereocenters. The van der Waals surface area contributed by atoms with Crippen LogP contribution in [-0.4, -0.2) is 48.1 Å². The maximum Gasteiger partial charge on any atom is 0.249 e. The summed E-state index contributed by atoms with van der Waals surface area (Å²) >= 11 is 0. The van der Waals surface area contributed by atoms with Gasteiger partial charge in [0.05, 0.1) is 6.10 Å². The Morgan fingerprint density at radius 2 is 1.81 bits per heavy atom. The minimum Gasteiger partial charge on any atom is -0.380 e. The summed E-state index contributed by atoms with van der Waals surface area (Å²) in [4.78, 5) is 27.4. The molecule has 0 aromatic rings. The van der Waals surface area contributed by atoms with Crippen LogP contribution >= 0.6 is 0 Å². The quantitative estimate of drug-likeness (QED) is 0.844. The van der Waals surface area contributed by atoms with Crippen molar-refractivity contribution in [1.82, 2.24) is 10.2 Å². The first-order chi connectivity index (χ1) is 9.62. The van der Waals surface area contributed by atoms with Gasteiger partial charge >= 0.3 is 0 Å². The summed E-state index contributed by atoms with van der Waals surface area (Å²) in [6.07, 6.45) is 1.10. The van der Waals surface area contributed by atoms with Gasteiger partial charge in [0.15, 0.2) is 0 Å². The molecule has 2 unspecified atom stereocenters. The average Bonchev–Trinajstić information content (AvgIpc) is 2.40. The van der Waals surface area contributed by atoms with Crippen LogP contribution in [0.2, 0.25) is 0 Å². The third kappa shape index (κ3) is 3.39. The van der Waals surface area contributed by atoms with Crippen LogP contribution in [0.15, 0.2) is 0 Å². The number of carbonyl (C=O) groups excluding carboxylic acids is 2. The number of hydrogen-bond donors (Lipinski definition) is 1. The topological polar surface area (TPSA) is 58.6 Å². The van der Waals surface area contributed by atoms with E-state index < -0.39 is 11.6 Å². The molecule has 21 heavy (non-hydrogen) atoms. The molecular weight excluding hydrogens is 268 g/mol. The predicted molar refractivity (Wildman–Crippen MR) is 82.9 cm³/mol. The van der Waals surface area contributed by atoms with Gasteiger partial charge in [-0.15, -0.1) is 0 Å². The Balaban J connectivity index is 3.23. The van der Waals surface area contributed by atoms with Gasteiger partial charge in [0, 0.05) is 13.7 Å². The second-order valence-electron chi connectivity index (χ2n) is 7.05. The van der Waals surface area contributed by atoms with Gasteiger partial charge in [-0.2, -0.15) is 0 Å². The maximum absolute atomic E-state index is 13.0. The molecule has 1 aliphatic rings. The van der Waals surface area contributed by atoms with Crippen molar-refractivity contribution in [2.24, 2.45) is 5.41 Å². The summed E-state index contributed by atoms with van der Waals surface area (Å²) in [5.74, 6) is -0.0509. The zero-order valence-electron chi connectivity index (χ0n) is 14.4. The number of rotatable bonds is 5. The summed E-state index contributed by atoms with van der Waals surface area (Å²) in [5.41, 5.74) is -1.09. The van der Waals surface area contributed by atoms with Crippen LogP contribution in [0.3, 0.4) is 0 Å². The van der Waals surface area contributed by atoms with E-state index in [0.717, 1.165) is 0 Å². The molecule has 0 aliphatic carbocycles. The standard InChI is InChI=1S/C16H30N2O3/c1-8-16(9-2)14(20)18(10-11(3)21-7)12(13(19)17-16)15(4,5)6/h11-12H,8-10H2,1-7H3,(H,17,19). The van der Waals surface area contributed by atoms with Crippen LogP contribution in [0.1, 0.15) is 54.4 Å². The number of piperazine rings is 1. The Bertz CT molecular complexity index is 397. The minimum atomic E-state index is -0.772. The molecule has 5 heteroatoms. The molecule has 1 heterocycles. The Kier molecular flexibility index (Phi) is 5.42. The van der Waals surface area contributed by atoms with Crippen LogP contribution < -0.4 is 5.32 Å². The van der Waals surface area contributed by atoms with E-state index in [4.69, 9.17) is 4.74 Å². The molecule has 1 rings (SSSR count).